The summed E-state index contributed by atoms with van der Waals surface area (Å²) in [5.74, 6) is 0. The molecule has 1 aromatic rings. The molecule has 0 saturated heterocycles. The van der Waals surface area contributed by atoms with Crippen molar-refractivity contribution in [1.29, 1.82) is 0 Å². The lowest BCUT2D eigenvalue weighted by molar-refractivity contribution is 0.268. The van der Waals surface area contributed by atoms with Gasteiger partial charge in [0.2, 0.25) is 10.0 Å². The van der Waals surface area contributed by atoms with Crippen LogP contribution >= 0.6 is 0 Å². The number of hydrogen-bond donors (Lipinski definition) is 1. The van der Waals surface area contributed by atoms with Crippen LogP contribution in [0.5, 0.6) is 0 Å². The first-order valence-corrected chi connectivity index (χ1v) is 8.57. The lowest BCUT2D eigenvalue weighted by Gasteiger charge is -2.32. The van der Waals surface area contributed by atoms with Crippen molar-refractivity contribution in [2.24, 2.45) is 5.73 Å². The predicted octanol–water partition coefficient (Wildman–Crippen LogP) is 2.19. The number of benzene rings is 1. The second kappa shape index (κ2) is 5.84. The fourth-order valence-corrected chi connectivity index (χ4v) is 4.20. The van der Waals surface area contributed by atoms with Crippen molar-refractivity contribution < 1.29 is 8.42 Å². The number of sulfonamides is 1. The van der Waals surface area contributed by atoms with Crippen LogP contribution in [-0.2, 0) is 10.0 Å². The van der Waals surface area contributed by atoms with Crippen molar-refractivity contribution in [1.82, 2.24) is 4.31 Å². The molecule has 0 bridgehead atoms. The van der Waals surface area contributed by atoms with Crippen molar-refractivity contribution >= 4 is 10.0 Å². The Balaban J connectivity index is 2.23. The van der Waals surface area contributed by atoms with Gasteiger partial charge in [-0.15, -0.1) is 0 Å². The first kappa shape index (κ1) is 15.5. The van der Waals surface area contributed by atoms with Gasteiger partial charge in [0.05, 0.1) is 4.90 Å². The molecule has 112 valence electrons. The number of rotatable bonds is 3. The van der Waals surface area contributed by atoms with Gasteiger partial charge in [-0.1, -0.05) is 6.07 Å². The maximum absolute atomic E-state index is 12.7. The molecule has 0 aromatic heterocycles. The van der Waals surface area contributed by atoms with Crippen molar-refractivity contribution in [3.63, 3.8) is 0 Å². The molecular formula is C15H24N2O2S. The fourth-order valence-electron chi connectivity index (χ4n) is 2.70. The zero-order valence-corrected chi connectivity index (χ0v) is 13.3. The minimum atomic E-state index is -3.40. The molecule has 20 heavy (non-hydrogen) atoms. The first-order valence-electron chi connectivity index (χ1n) is 7.13. The van der Waals surface area contributed by atoms with E-state index in [9.17, 15) is 8.42 Å². The summed E-state index contributed by atoms with van der Waals surface area (Å²) in [6, 6.07) is 5.62. The molecule has 1 aliphatic carbocycles. The Kier molecular flexibility index (Phi) is 4.52. The molecule has 5 heteroatoms. The summed E-state index contributed by atoms with van der Waals surface area (Å²) in [6.45, 7) is 3.92. The van der Waals surface area contributed by atoms with Gasteiger partial charge in [-0.25, -0.2) is 8.42 Å². The Hall–Kier alpha value is -0.910. The summed E-state index contributed by atoms with van der Waals surface area (Å²) in [5, 5.41) is 0. The highest BCUT2D eigenvalue weighted by Crippen LogP contribution is 2.26. The zero-order valence-electron chi connectivity index (χ0n) is 12.5. The van der Waals surface area contributed by atoms with E-state index in [1.807, 2.05) is 19.9 Å². The van der Waals surface area contributed by atoms with Crippen LogP contribution in [0.15, 0.2) is 23.1 Å². The van der Waals surface area contributed by atoms with E-state index in [-0.39, 0.29) is 12.1 Å². The normalized spacial score (nSPS) is 24.1. The van der Waals surface area contributed by atoms with Crippen LogP contribution in [0.4, 0.5) is 0 Å². The molecule has 0 amide bonds. The smallest absolute Gasteiger partial charge is 0.243 e. The van der Waals surface area contributed by atoms with Gasteiger partial charge in [0.15, 0.2) is 0 Å². The Bertz CT molecular complexity index is 576. The summed E-state index contributed by atoms with van der Waals surface area (Å²) < 4.78 is 26.9. The van der Waals surface area contributed by atoms with Crippen LogP contribution in [0.25, 0.3) is 0 Å². The largest absolute Gasteiger partial charge is 0.328 e. The quantitative estimate of drug-likeness (QED) is 0.930. The fraction of sp³-hybridized carbons (Fsp3) is 0.600. The monoisotopic (exact) mass is 296 g/mol. The average Bonchev–Trinajstić information content (AvgIpc) is 2.41. The summed E-state index contributed by atoms with van der Waals surface area (Å²) in [6.07, 6.45) is 3.50. The van der Waals surface area contributed by atoms with Crippen LogP contribution < -0.4 is 5.73 Å². The Morgan fingerprint density at radius 2 is 1.70 bits per heavy atom. The molecule has 0 atom stereocenters. The third kappa shape index (κ3) is 3.05. The van der Waals surface area contributed by atoms with Crippen LogP contribution in [-0.4, -0.2) is 31.9 Å². The van der Waals surface area contributed by atoms with E-state index in [4.69, 9.17) is 5.73 Å². The molecule has 2 rings (SSSR count). The zero-order chi connectivity index (χ0) is 14.9. The molecule has 0 aliphatic heterocycles. The summed E-state index contributed by atoms with van der Waals surface area (Å²) >= 11 is 0. The summed E-state index contributed by atoms with van der Waals surface area (Å²) in [4.78, 5) is 0.387. The van der Waals surface area contributed by atoms with Gasteiger partial charge in [-0.2, -0.15) is 4.31 Å². The second-order valence-corrected chi connectivity index (χ2v) is 7.83. The average molecular weight is 296 g/mol. The molecule has 0 radical (unpaired) electrons. The Labute approximate surface area is 122 Å². The van der Waals surface area contributed by atoms with E-state index in [0.717, 1.165) is 36.8 Å². The van der Waals surface area contributed by atoms with E-state index in [0.29, 0.717) is 4.90 Å². The maximum atomic E-state index is 12.7. The number of nitrogens with two attached hydrogens (primary N) is 1. The molecule has 2 N–H and O–H groups in total. The van der Waals surface area contributed by atoms with Crippen molar-refractivity contribution in [2.45, 2.75) is 56.5 Å². The summed E-state index contributed by atoms with van der Waals surface area (Å²) in [7, 11) is -1.72. The topological polar surface area (TPSA) is 63.4 Å². The molecule has 0 heterocycles. The Morgan fingerprint density at radius 3 is 2.25 bits per heavy atom. The van der Waals surface area contributed by atoms with Gasteiger partial charge >= 0.3 is 0 Å². The lowest BCUT2D eigenvalue weighted by Crippen LogP contribution is -2.41. The van der Waals surface area contributed by atoms with Gasteiger partial charge in [0.25, 0.3) is 0 Å². The highest BCUT2D eigenvalue weighted by molar-refractivity contribution is 7.89. The van der Waals surface area contributed by atoms with Gasteiger partial charge in [0, 0.05) is 19.1 Å². The highest BCUT2D eigenvalue weighted by atomic mass is 32.2. The highest BCUT2D eigenvalue weighted by Gasteiger charge is 2.30. The molecule has 1 saturated carbocycles. The van der Waals surface area contributed by atoms with E-state index >= 15 is 0 Å². The molecule has 0 spiro atoms. The van der Waals surface area contributed by atoms with Crippen LogP contribution in [0.2, 0.25) is 0 Å². The van der Waals surface area contributed by atoms with Crippen LogP contribution in [0.3, 0.4) is 0 Å². The first-order chi connectivity index (χ1) is 9.32. The van der Waals surface area contributed by atoms with Gasteiger partial charge in [-0.3, -0.25) is 0 Å². The third-order valence-corrected chi connectivity index (χ3v) is 6.32. The maximum Gasteiger partial charge on any atom is 0.243 e. The molecule has 0 unspecified atom stereocenters. The van der Waals surface area contributed by atoms with Crippen molar-refractivity contribution in [2.75, 3.05) is 7.05 Å². The van der Waals surface area contributed by atoms with Gasteiger partial charge in [-0.05, 0) is 62.8 Å². The Morgan fingerprint density at radius 1 is 1.10 bits per heavy atom. The molecular weight excluding hydrogens is 272 g/mol. The molecule has 1 aliphatic rings. The summed E-state index contributed by atoms with van der Waals surface area (Å²) in [5.41, 5.74) is 8.00. The van der Waals surface area contributed by atoms with Gasteiger partial charge in [0.1, 0.15) is 0 Å². The SMILES string of the molecule is Cc1ccc(S(=O)(=O)N(C)C2CCC(N)CC2)cc1C. The van der Waals surface area contributed by atoms with Crippen molar-refractivity contribution in [3.8, 4) is 0 Å². The van der Waals surface area contributed by atoms with Crippen LogP contribution in [0, 0.1) is 13.8 Å². The van der Waals surface area contributed by atoms with E-state index in [1.54, 1.807) is 19.2 Å². The standard InChI is InChI=1S/C15H24N2O2S/c1-11-4-9-15(10-12(11)2)20(18,19)17(3)14-7-5-13(16)6-8-14/h4,9-10,13-14H,5-8,16H2,1-3H3. The second-order valence-electron chi connectivity index (χ2n) is 5.84. The minimum Gasteiger partial charge on any atom is -0.328 e. The van der Waals surface area contributed by atoms with Gasteiger partial charge < -0.3 is 5.73 Å². The minimum absolute atomic E-state index is 0.0707. The number of nitrogens with zero attached hydrogens (tertiary/aromatic N) is 1. The van der Waals surface area contributed by atoms with Crippen molar-refractivity contribution in [3.05, 3.63) is 29.3 Å². The number of aryl methyl sites for hydroxylation is 2. The van der Waals surface area contributed by atoms with E-state index in [2.05, 4.69) is 0 Å². The van der Waals surface area contributed by atoms with Crippen LogP contribution in [0.1, 0.15) is 36.8 Å². The third-order valence-electron chi connectivity index (χ3n) is 4.41. The molecule has 1 aromatic carbocycles. The van der Waals surface area contributed by atoms with E-state index < -0.39 is 10.0 Å². The molecule has 1 fully saturated rings. The lowest BCUT2D eigenvalue weighted by atomic mass is 9.92. The predicted molar refractivity (Wildman–Crippen MR) is 81.1 cm³/mol. The van der Waals surface area contributed by atoms with E-state index in [1.165, 1.54) is 4.31 Å². The number of hydrogen-bond acceptors (Lipinski definition) is 3. The molecule has 4 nitrogen and oxygen atoms in total.